The van der Waals surface area contributed by atoms with Crippen LogP contribution >= 0.6 is 0 Å². The first-order valence-corrected chi connectivity index (χ1v) is 7.34. The summed E-state index contributed by atoms with van der Waals surface area (Å²) in [5, 5.41) is 6.12. The van der Waals surface area contributed by atoms with Gasteiger partial charge in [0.15, 0.2) is 11.5 Å². The molecule has 0 bridgehead atoms. The Morgan fingerprint density at radius 2 is 1.95 bits per heavy atom. The highest BCUT2D eigenvalue weighted by Crippen LogP contribution is 2.27. The molecule has 0 heterocycles. The van der Waals surface area contributed by atoms with Crippen molar-refractivity contribution in [2.24, 2.45) is 0 Å². The van der Waals surface area contributed by atoms with Crippen LogP contribution in [0.2, 0.25) is 0 Å². The van der Waals surface area contributed by atoms with Crippen LogP contribution in [0.5, 0.6) is 11.5 Å². The zero-order chi connectivity index (χ0) is 15.7. The first-order valence-electron chi connectivity index (χ1n) is 7.34. The molecule has 0 aliphatic rings. The van der Waals surface area contributed by atoms with E-state index in [0.29, 0.717) is 18.0 Å². The molecule has 118 valence electrons. The molecular formula is C16H26N2O3. The maximum Gasteiger partial charge on any atom is 0.236 e. The summed E-state index contributed by atoms with van der Waals surface area (Å²) in [6.45, 7) is 5.30. The van der Waals surface area contributed by atoms with Gasteiger partial charge in [0.2, 0.25) is 5.91 Å². The minimum atomic E-state index is -0.227. The van der Waals surface area contributed by atoms with Gasteiger partial charge in [0.1, 0.15) is 0 Å². The van der Waals surface area contributed by atoms with Crippen LogP contribution in [0.25, 0.3) is 0 Å². The van der Waals surface area contributed by atoms with Gasteiger partial charge in [-0.15, -0.1) is 0 Å². The number of hydrogen-bond acceptors (Lipinski definition) is 4. The van der Waals surface area contributed by atoms with Gasteiger partial charge in [-0.25, -0.2) is 0 Å². The number of nitrogens with one attached hydrogen (secondary N) is 2. The highest BCUT2D eigenvalue weighted by Gasteiger charge is 2.12. The minimum Gasteiger partial charge on any atom is -0.493 e. The lowest BCUT2D eigenvalue weighted by atomic mass is 10.2. The summed E-state index contributed by atoms with van der Waals surface area (Å²) in [7, 11) is 3.22. The zero-order valence-corrected chi connectivity index (χ0v) is 13.4. The van der Waals surface area contributed by atoms with Gasteiger partial charge in [-0.3, -0.25) is 4.79 Å². The maximum absolute atomic E-state index is 11.8. The molecule has 21 heavy (non-hydrogen) atoms. The van der Waals surface area contributed by atoms with E-state index in [9.17, 15) is 4.79 Å². The third-order valence-electron chi connectivity index (χ3n) is 3.28. The molecule has 1 aromatic carbocycles. The van der Waals surface area contributed by atoms with Crippen molar-refractivity contribution >= 4 is 5.91 Å². The number of methoxy groups -OCH3 is 2. The van der Waals surface area contributed by atoms with E-state index in [1.54, 1.807) is 14.2 Å². The van der Waals surface area contributed by atoms with Crippen LogP contribution in [0.3, 0.4) is 0 Å². The number of unbranched alkanes of at least 4 members (excludes halogenated alkanes) is 1. The summed E-state index contributed by atoms with van der Waals surface area (Å²) in [5.41, 5.74) is 1.04. The number of ether oxygens (including phenoxy) is 2. The number of carbonyl (C=O) groups is 1. The second-order valence-corrected chi connectivity index (χ2v) is 4.94. The summed E-state index contributed by atoms with van der Waals surface area (Å²) in [6, 6.07) is 5.50. The van der Waals surface area contributed by atoms with E-state index < -0.39 is 0 Å². The van der Waals surface area contributed by atoms with Crippen molar-refractivity contribution in [3.63, 3.8) is 0 Å². The van der Waals surface area contributed by atoms with Crippen LogP contribution in [0, 0.1) is 0 Å². The monoisotopic (exact) mass is 294 g/mol. The molecule has 0 saturated carbocycles. The molecule has 0 aromatic heterocycles. The van der Waals surface area contributed by atoms with Gasteiger partial charge >= 0.3 is 0 Å². The summed E-state index contributed by atoms with van der Waals surface area (Å²) in [4.78, 5) is 11.8. The molecule has 0 radical (unpaired) electrons. The fourth-order valence-corrected chi connectivity index (χ4v) is 1.90. The Balaban J connectivity index is 2.49. The lowest BCUT2D eigenvalue weighted by molar-refractivity contribution is -0.122. The SMILES string of the molecule is CCCCNC(=O)C(C)NCc1ccc(OC)c(OC)c1. The molecule has 2 N–H and O–H groups in total. The molecule has 0 aliphatic heterocycles. The average Bonchev–Trinajstić information content (AvgIpc) is 2.52. The Kier molecular flexibility index (Phi) is 7.61. The largest absolute Gasteiger partial charge is 0.493 e. The lowest BCUT2D eigenvalue weighted by Crippen LogP contribution is -2.42. The second kappa shape index (κ2) is 9.23. The van der Waals surface area contributed by atoms with E-state index in [-0.39, 0.29) is 11.9 Å². The quantitative estimate of drug-likeness (QED) is 0.685. The number of benzene rings is 1. The topological polar surface area (TPSA) is 59.6 Å². The van der Waals surface area contributed by atoms with Crippen molar-refractivity contribution in [2.75, 3.05) is 20.8 Å². The molecule has 0 fully saturated rings. The molecule has 1 rings (SSSR count). The van der Waals surface area contributed by atoms with E-state index in [2.05, 4.69) is 17.6 Å². The number of amides is 1. The van der Waals surface area contributed by atoms with Crippen LogP contribution in [-0.2, 0) is 11.3 Å². The predicted molar refractivity (Wildman–Crippen MR) is 83.8 cm³/mol. The Labute approximate surface area is 127 Å². The van der Waals surface area contributed by atoms with Crippen molar-refractivity contribution in [1.29, 1.82) is 0 Å². The summed E-state index contributed by atoms with van der Waals surface area (Å²) in [5.74, 6) is 1.42. The van der Waals surface area contributed by atoms with Gasteiger partial charge in [0.25, 0.3) is 0 Å². The highest BCUT2D eigenvalue weighted by molar-refractivity contribution is 5.81. The summed E-state index contributed by atoms with van der Waals surface area (Å²) < 4.78 is 10.5. The Morgan fingerprint density at radius 3 is 2.57 bits per heavy atom. The first-order chi connectivity index (χ1) is 10.1. The molecule has 0 aliphatic carbocycles. The fraction of sp³-hybridized carbons (Fsp3) is 0.562. The van der Waals surface area contributed by atoms with Gasteiger partial charge < -0.3 is 20.1 Å². The van der Waals surface area contributed by atoms with Crippen LogP contribution in [0.4, 0.5) is 0 Å². The number of carbonyl (C=O) groups excluding carboxylic acids is 1. The molecule has 0 spiro atoms. The lowest BCUT2D eigenvalue weighted by Gasteiger charge is -2.15. The van der Waals surface area contributed by atoms with Crippen LogP contribution in [-0.4, -0.2) is 32.7 Å². The van der Waals surface area contributed by atoms with Crippen LogP contribution in [0.15, 0.2) is 18.2 Å². The van der Waals surface area contributed by atoms with E-state index >= 15 is 0 Å². The second-order valence-electron chi connectivity index (χ2n) is 4.94. The minimum absolute atomic E-state index is 0.0314. The molecule has 0 saturated heterocycles. The molecule has 5 nitrogen and oxygen atoms in total. The smallest absolute Gasteiger partial charge is 0.236 e. The molecular weight excluding hydrogens is 268 g/mol. The Hall–Kier alpha value is -1.75. The van der Waals surface area contributed by atoms with E-state index in [0.717, 1.165) is 24.9 Å². The third kappa shape index (κ3) is 5.63. The van der Waals surface area contributed by atoms with E-state index in [1.807, 2.05) is 25.1 Å². The number of rotatable bonds is 9. The Bertz CT molecular complexity index is 449. The fourth-order valence-electron chi connectivity index (χ4n) is 1.90. The van der Waals surface area contributed by atoms with Gasteiger partial charge in [-0.2, -0.15) is 0 Å². The van der Waals surface area contributed by atoms with Gasteiger partial charge in [0, 0.05) is 13.1 Å². The van der Waals surface area contributed by atoms with Crippen molar-refractivity contribution < 1.29 is 14.3 Å². The van der Waals surface area contributed by atoms with Crippen LogP contribution in [0.1, 0.15) is 32.3 Å². The van der Waals surface area contributed by atoms with E-state index in [1.165, 1.54) is 0 Å². The van der Waals surface area contributed by atoms with Crippen molar-refractivity contribution in [1.82, 2.24) is 10.6 Å². The van der Waals surface area contributed by atoms with Crippen molar-refractivity contribution in [3.8, 4) is 11.5 Å². The predicted octanol–water partition coefficient (Wildman–Crippen LogP) is 2.10. The molecule has 1 amide bonds. The standard InChI is InChI=1S/C16H26N2O3/c1-5-6-9-17-16(19)12(2)18-11-13-7-8-14(20-3)15(10-13)21-4/h7-8,10,12,18H,5-6,9,11H2,1-4H3,(H,17,19). The van der Waals surface area contributed by atoms with Gasteiger partial charge in [-0.1, -0.05) is 19.4 Å². The Morgan fingerprint density at radius 1 is 1.24 bits per heavy atom. The molecule has 1 unspecified atom stereocenters. The van der Waals surface area contributed by atoms with Gasteiger partial charge in [0.05, 0.1) is 20.3 Å². The zero-order valence-electron chi connectivity index (χ0n) is 13.4. The van der Waals surface area contributed by atoms with Gasteiger partial charge in [-0.05, 0) is 31.0 Å². The summed E-state index contributed by atoms with van der Waals surface area (Å²) >= 11 is 0. The van der Waals surface area contributed by atoms with Crippen molar-refractivity contribution in [2.45, 2.75) is 39.3 Å². The molecule has 1 atom stereocenters. The highest BCUT2D eigenvalue weighted by atomic mass is 16.5. The first kappa shape index (κ1) is 17.3. The van der Waals surface area contributed by atoms with Crippen molar-refractivity contribution in [3.05, 3.63) is 23.8 Å². The molecule has 5 heteroatoms. The number of hydrogen-bond donors (Lipinski definition) is 2. The van der Waals surface area contributed by atoms with Crippen LogP contribution < -0.4 is 20.1 Å². The maximum atomic E-state index is 11.8. The van der Waals surface area contributed by atoms with E-state index in [4.69, 9.17) is 9.47 Å². The normalized spacial score (nSPS) is 11.8. The third-order valence-corrected chi connectivity index (χ3v) is 3.28. The molecule has 1 aromatic rings. The summed E-state index contributed by atoms with van der Waals surface area (Å²) in [6.07, 6.45) is 2.09. The average molecular weight is 294 g/mol.